The number of carbonyl (C=O) groups is 1. The lowest BCUT2D eigenvalue weighted by Crippen LogP contribution is -2.36. The second kappa shape index (κ2) is 8.19. The molecule has 0 unspecified atom stereocenters. The molecule has 0 aliphatic heterocycles. The fourth-order valence-electron chi connectivity index (χ4n) is 2.62. The van der Waals surface area contributed by atoms with Crippen LogP contribution in [-0.4, -0.2) is 20.7 Å². The average molecular weight is 369 g/mol. The molecule has 1 N–H and O–H groups in total. The van der Waals surface area contributed by atoms with E-state index in [0.29, 0.717) is 5.82 Å². The van der Waals surface area contributed by atoms with Crippen LogP contribution in [0.1, 0.15) is 24.4 Å². The van der Waals surface area contributed by atoms with Crippen molar-refractivity contribution in [3.05, 3.63) is 84.2 Å². The van der Waals surface area contributed by atoms with Gasteiger partial charge >= 0.3 is 0 Å². The maximum atomic E-state index is 13.3. The Balaban J connectivity index is 1.80. The molecule has 0 saturated carbocycles. The molecule has 0 aliphatic rings. The highest BCUT2D eigenvalue weighted by molar-refractivity contribution is 8.00. The molecule has 4 nitrogen and oxygen atoms in total. The number of benzene rings is 2. The second-order valence-corrected chi connectivity index (χ2v) is 7.38. The molecule has 2 atom stereocenters. The molecular formula is C20H20FN3OS. The molecule has 0 fully saturated rings. The minimum Gasteiger partial charge on any atom is -0.341 e. The van der Waals surface area contributed by atoms with Crippen molar-refractivity contribution in [1.29, 1.82) is 0 Å². The average Bonchev–Trinajstić information content (AvgIpc) is 3.07. The number of rotatable bonds is 6. The van der Waals surface area contributed by atoms with Crippen LogP contribution in [0.4, 0.5) is 4.39 Å². The van der Waals surface area contributed by atoms with E-state index in [1.807, 2.05) is 55.1 Å². The van der Waals surface area contributed by atoms with Gasteiger partial charge in [0, 0.05) is 24.3 Å². The van der Waals surface area contributed by atoms with E-state index < -0.39 is 6.04 Å². The lowest BCUT2D eigenvalue weighted by atomic mass is 10.1. The molecule has 0 radical (unpaired) electrons. The predicted molar refractivity (Wildman–Crippen MR) is 101 cm³/mol. The third kappa shape index (κ3) is 4.32. The van der Waals surface area contributed by atoms with Gasteiger partial charge < -0.3 is 9.88 Å². The Kier molecular flexibility index (Phi) is 5.73. The van der Waals surface area contributed by atoms with Crippen LogP contribution in [0.2, 0.25) is 0 Å². The molecule has 26 heavy (non-hydrogen) atoms. The van der Waals surface area contributed by atoms with Gasteiger partial charge in [-0.3, -0.25) is 4.79 Å². The standard InChI is InChI=1S/C20H20FN3OS/c1-14(26-17-6-4-3-5-7-17)20(25)23-18(19-22-12-13-24(19)2)15-8-10-16(21)11-9-15/h3-14,18H,1-2H3,(H,23,25)/t14-,18+/m0/s1. The van der Waals surface area contributed by atoms with E-state index in [-0.39, 0.29) is 17.0 Å². The summed E-state index contributed by atoms with van der Waals surface area (Å²) in [5.41, 5.74) is 0.783. The smallest absolute Gasteiger partial charge is 0.234 e. The van der Waals surface area contributed by atoms with Crippen LogP contribution in [0.3, 0.4) is 0 Å². The van der Waals surface area contributed by atoms with Crippen LogP contribution in [0.5, 0.6) is 0 Å². The molecule has 0 spiro atoms. The molecule has 3 aromatic rings. The Morgan fingerprint density at radius 3 is 2.46 bits per heavy atom. The third-order valence-corrected chi connectivity index (χ3v) is 5.14. The first-order valence-corrected chi connectivity index (χ1v) is 9.17. The number of amides is 1. The summed E-state index contributed by atoms with van der Waals surface area (Å²) >= 11 is 1.49. The van der Waals surface area contributed by atoms with Gasteiger partial charge in [-0.05, 0) is 36.8 Å². The van der Waals surface area contributed by atoms with Crippen LogP contribution in [0, 0.1) is 5.82 Å². The number of nitrogens with zero attached hydrogens (tertiary/aromatic N) is 2. The van der Waals surface area contributed by atoms with Gasteiger partial charge in [-0.25, -0.2) is 9.37 Å². The highest BCUT2D eigenvalue weighted by Crippen LogP contribution is 2.25. The number of carbonyl (C=O) groups excluding carboxylic acids is 1. The zero-order valence-electron chi connectivity index (χ0n) is 14.6. The highest BCUT2D eigenvalue weighted by atomic mass is 32.2. The maximum Gasteiger partial charge on any atom is 0.234 e. The summed E-state index contributed by atoms with van der Waals surface area (Å²) in [7, 11) is 1.87. The Morgan fingerprint density at radius 2 is 1.85 bits per heavy atom. The van der Waals surface area contributed by atoms with E-state index in [9.17, 15) is 9.18 Å². The van der Waals surface area contributed by atoms with E-state index in [1.165, 1.54) is 23.9 Å². The first kappa shape index (κ1) is 18.2. The topological polar surface area (TPSA) is 46.9 Å². The number of aryl methyl sites for hydroxylation is 1. The number of halogens is 1. The summed E-state index contributed by atoms with van der Waals surface area (Å²) in [5, 5.41) is 2.77. The largest absolute Gasteiger partial charge is 0.341 e. The maximum absolute atomic E-state index is 13.3. The van der Waals surface area contributed by atoms with Gasteiger partial charge in [0.15, 0.2) is 0 Å². The molecule has 1 aromatic heterocycles. The van der Waals surface area contributed by atoms with E-state index in [2.05, 4.69) is 10.3 Å². The lowest BCUT2D eigenvalue weighted by Gasteiger charge is -2.21. The highest BCUT2D eigenvalue weighted by Gasteiger charge is 2.24. The third-order valence-electron chi connectivity index (χ3n) is 4.03. The van der Waals surface area contributed by atoms with E-state index in [0.717, 1.165) is 10.5 Å². The molecule has 0 aliphatic carbocycles. The van der Waals surface area contributed by atoms with Crippen molar-refractivity contribution >= 4 is 17.7 Å². The van der Waals surface area contributed by atoms with Crippen molar-refractivity contribution in [3.63, 3.8) is 0 Å². The Labute approximate surface area is 156 Å². The molecule has 2 aromatic carbocycles. The molecule has 0 bridgehead atoms. The number of nitrogens with one attached hydrogen (secondary N) is 1. The number of aromatic nitrogens is 2. The van der Waals surface area contributed by atoms with E-state index in [4.69, 9.17) is 0 Å². The first-order chi connectivity index (χ1) is 12.5. The number of hydrogen-bond acceptors (Lipinski definition) is 3. The summed E-state index contributed by atoms with van der Waals surface area (Å²) in [4.78, 5) is 18.2. The van der Waals surface area contributed by atoms with Gasteiger partial charge in [0.05, 0.1) is 5.25 Å². The Hall–Kier alpha value is -2.60. The zero-order chi connectivity index (χ0) is 18.5. The molecule has 0 saturated heterocycles. The predicted octanol–water partition coefficient (Wildman–Crippen LogP) is 3.95. The van der Waals surface area contributed by atoms with Crippen molar-refractivity contribution in [2.24, 2.45) is 7.05 Å². The van der Waals surface area contributed by atoms with Crippen LogP contribution in [-0.2, 0) is 11.8 Å². The first-order valence-electron chi connectivity index (χ1n) is 8.29. The summed E-state index contributed by atoms with van der Waals surface area (Å²) < 4.78 is 15.1. The van der Waals surface area contributed by atoms with Gasteiger partial charge in [-0.15, -0.1) is 11.8 Å². The number of thioether (sulfide) groups is 1. The molecular weight excluding hydrogens is 349 g/mol. The van der Waals surface area contributed by atoms with Gasteiger partial charge in [-0.1, -0.05) is 30.3 Å². The minimum atomic E-state index is -0.443. The van der Waals surface area contributed by atoms with Crippen LogP contribution < -0.4 is 5.32 Å². The van der Waals surface area contributed by atoms with Crippen molar-refractivity contribution in [3.8, 4) is 0 Å². The van der Waals surface area contributed by atoms with Crippen LogP contribution in [0.25, 0.3) is 0 Å². The van der Waals surface area contributed by atoms with Crippen molar-refractivity contribution in [1.82, 2.24) is 14.9 Å². The molecule has 3 rings (SSSR count). The minimum absolute atomic E-state index is 0.101. The van der Waals surface area contributed by atoms with E-state index >= 15 is 0 Å². The Bertz CT molecular complexity index is 864. The van der Waals surface area contributed by atoms with Gasteiger partial charge in [-0.2, -0.15) is 0 Å². The summed E-state index contributed by atoms with van der Waals surface area (Å²) in [6.45, 7) is 1.87. The second-order valence-electron chi connectivity index (χ2n) is 5.96. The summed E-state index contributed by atoms with van der Waals surface area (Å²) in [6.07, 6.45) is 3.50. The van der Waals surface area contributed by atoms with Crippen LogP contribution >= 0.6 is 11.8 Å². The molecule has 1 heterocycles. The monoisotopic (exact) mass is 369 g/mol. The normalized spacial score (nSPS) is 13.2. The van der Waals surface area contributed by atoms with E-state index in [1.54, 1.807) is 18.3 Å². The SMILES string of the molecule is C[C@H](Sc1ccccc1)C(=O)N[C@H](c1ccc(F)cc1)c1nccn1C. The fraction of sp³-hybridized carbons (Fsp3) is 0.200. The van der Waals surface area contributed by atoms with Gasteiger partial charge in [0.2, 0.25) is 5.91 Å². The Morgan fingerprint density at radius 1 is 1.15 bits per heavy atom. The summed E-state index contributed by atoms with van der Waals surface area (Å²) in [6, 6.07) is 15.5. The lowest BCUT2D eigenvalue weighted by molar-refractivity contribution is -0.120. The quantitative estimate of drug-likeness (QED) is 0.670. The zero-order valence-corrected chi connectivity index (χ0v) is 15.4. The van der Waals surface area contributed by atoms with Gasteiger partial charge in [0.25, 0.3) is 0 Å². The number of hydrogen-bond donors (Lipinski definition) is 1. The summed E-state index contributed by atoms with van der Waals surface area (Å²) in [5.74, 6) is 0.282. The fourth-order valence-corrected chi connectivity index (χ4v) is 3.52. The molecule has 6 heteroatoms. The molecule has 1 amide bonds. The number of imidazole rings is 1. The van der Waals surface area contributed by atoms with Crippen molar-refractivity contribution in [2.75, 3.05) is 0 Å². The van der Waals surface area contributed by atoms with Gasteiger partial charge in [0.1, 0.15) is 17.7 Å². The van der Waals surface area contributed by atoms with Crippen molar-refractivity contribution < 1.29 is 9.18 Å². The van der Waals surface area contributed by atoms with Crippen LogP contribution in [0.15, 0.2) is 71.9 Å². The van der Waals surface area contributed by atoms with Crippen molar-refractivity contribution in [2.45, 2.75) is 23.1 Å². The molecule has 134 valence electrons.